The lowest BCUT2D eigenvalue weighted by molar-refractivity contribution is -0.903. The maximum atomic E-state index is 12.3. The third-order valence-corrected chi connectivity index (χ3v) is 6.66. The summed E-state index contributed by atoms with van der Waals surface area (Å²) in [5.74, 6) is 0.691. The van der Waals surface area contributed by atoms with Crippen LogP contribution in [0.5, 0.6) is 5.75 Å². The van der Waals surface area contributed by atoms with Crippen LogP contribution >= 0.6 is 0 Å². The molecule has 0 amide bonds. The number of nitrogens with zero attached hydrogens (tertiary/aromatic N) is 1. The summed E-state index contributed by atoms with van der Waals surface area (Å²) in [4.78, 5) is 12.3. The minimum absolute atomic E-state index is 0.163. The van der Waals surface area contributed by atoms with Crippen molar-refractivity contribution in [3.05, 3.63) is 65.7 Å². The van der Waals surface area contributed by atoms with Crippen molar-refractivity contribution in [3.8, 4) is 5.75 Å². The number of hydrogen-bond acceptors (Lipinski definition) is 3. The second-order valence-electron chi connectivity index (χ2n) is 10.9. The van der Waals surface area contributed by atoms with Crippen molar-refractivity contribution in [2.45, 2.75) is 97.1 Å². The number of ether oxygens (including phenoxy) is 2. The average Bonchev–Trinajstić information content (AvgIpc) is 2.86. The third kappa shape index (κ3) is 13.7. The second kappa shape index (κ2) is 17.2. The summed E-state index contributed by atoms with van der Waals surface area (Å²) in [6.45, 7) is 6.13. The standard InChI is InChI=1S/C32H50NO3/c1-5-6-7-8-9-10-11-12-14-18-29-21-17-22-31(25-29)36-28(2)27-35-32(34)23-24-33(3,4)26-30-19-15-13-16-20-30/h13,15-17,19-22,25,28H,5-12,14,18,23-24,26-27H2,1-4H3/q+1. The number of quaternary nitrogens is 1. The number of esters is 1. The first-order chi connectivity index (χ1) is 17.4. The highest BCUT2D eigenvalue weighted by Crippen LogP contribution is 2.18. The molecule has 0 aliphatic heterocycles. The Labute approximate surface area is 220 Å². The average molecular weight is 497 g/mol. The summed E-state index contributed by atoms with van der Waals surface area (Å²) in [6.07, 6.45) is 13.4. The molecule has 200 valence electrons. The number of unbranched alkanes of at least 4 members (excludes halogenated alkanes) is 8. The van der Waals surface area contributed by atoms with Gasteiger partial charge in [-0.25, -0.2) is 0 Å². The van der Waals surface area contributed by atoms with Gasteiger partial charge in [-0.05, 0) is 37.5 Å². The van der Waals surface area contributed by atoms with E-state index in [1.54, 1.807) is 0 Å². The quantitative estimate of drug-likeness (QED) is 0.113. The number of carbonyl (C=O) groups is 1. The summed E-state index contributed by atoms with van der Waals surface area (Å²) < 4.78 is 12.3. The van der Waals surface area contributed by atoms with E-state index in [1.165, 1.54) is 68.9 Å². The molecular weight excluding hydrogens is 446 g/mol. The van der Waals surface area contributed by atoms with Crippen LogP contribution in [0, 0.1) is 0 Å². The van der Waals surface area contributed by atoms with Crippen LogP contribution in [0.4, 0.5) is 0 Å². The van der Waals surface area contributed by atoms with Crippen LogP contribution in [0.3, 0.4) is 0 Å². The van der Waals surface area contributed by atoms with Crippen molar-refractivity contribution in [1.82, 2.24) is 0 Å². The van der Waals surface area contributed by atoms with Crippen molar-refractivity contribution >= 4 is 5.97 Å². The molecule has 1 atom stereocenters. The number of rotatable bonds is 19. The minimum atomic E-state index is -0.177. The highest BCUT2D eigenvalue weighted by molar-refractivity contribution is 5.69. The van der Waals surface area contributed by atoms with Crippen LogP contribution in [0.25, 0.3) is 0 Å². The lowest BCUT2D eigenvalue weighted by atomic mass is 10.0. The molecule has 0 heterocycles. The first kappa shape index (κ1) is 29.9. The van der Waals surface area contributed by atoms with Gasteiger partial charge >= 0.3 is 5.97 Å². The number of hydrogen-bond donors (Lipinski definition) is 0. The summed E-state index contributed by atoms with van der Waals surface area (Å²) >= 11 is 0. The molecular formula is C32H50NO3+. The maximum absolute atomic E-state index is 12.3. The molecule has 0 saturated carbocycles. The summed E-state index contributed by atoms with van der Waals surface area (Å²) in [7, 11) is 4.29. The topological polar surface area (TPSA) is 35.5 Å². The molecule has 2 aromatic rings. The molecule has 0 saturated heterocycles. The molecule has 2 rings (SSSR count). The van der Waals surface area contributed by atoms with Gasteiger partial charge in [0.15, 0.2) is 0 Å². The van der Waals surface area contributed by atoms with Gasteiger partial charge in [0, 0.05) is 5.56 Å². The lowest BCUT2D eigenvalue weighted by Gasteiger charge is -2.29. The van der Waals surface area contributed by atoms with Gasteiger partial charge in [-0.15, -0.1) is 0 Å². The molecule has 0 spiro atoms. The van der Waals surface area contributed by atoms with Gasteiger partial charge in [0.1, 0.15) is 25.0 Å². The Morgan fingerprint density at radius 2 is 1.47 bits per heavy atom. The van der Waals surface area contributed by atoms with Crippen molar-refractivity contribution < 1.29 is 18.8 Å². The molecule has 0 bridgehead atoms. The molecule has 36 heavy (non-hydrogen) atoms. The fourth-order valence-electron chi connectivity index (χ4n) is 4.51. The molecule has 4 nitrogen and oxygen atoms in total. The number of carbonyl (C=O) groups excluding carboxylic acids is 1. The largest absolute Gasteiger partial charge is 0.487 e. The minimum Gasteiger partial charge on any atom is -0.487 e. The highest BCUT2D eigenvalue weighted by Gasteiger charge is 2.19. The SMILES string of the molecule is CCCCCCCCCCCc1cccc(OC(C)COC(=O)CC[N+](C)(C)Cc2ccccc2)c1. The lowest BCUT2D eigenvalue weighted by Crippen LogP contribution is -2.40. The van der Waals surface area contributed by atoms with Crippen LogP contribution in [0.1, 0.15) is 89.2 Å². The molecule has 0 aliphatic rings. The number of aryl methyl sites for hydroxylation is 1. The normalized spacial score (nSPS) is 12.3. The van der Waals surface area contributed by atoms with Crippen LogP contribution in [-0.4, -0.2) is 43.8 Å². The van der Waals surface area contributed by atoms with Crippen LogP contribution < -0.4 is 4.74 Å². The first-order valence-corrected chi connectivity index (χ1v) is 14.1. The van der Waals surface area contributed by atoms with Gasteiger partial charge in [0.25, 0.3) is 0 Å². The Balaban J connectivity index is 1.61. The smallest absolute Gasteiger partial charge is 0.311 e. The second-order valence-corrected chi connectivity index (χ2v) is 10.9. The van der Waals surface area contributed by atoms with E-state index in [-0.39, 0.29) is 18.7 Å². The molecule has 0 aromatic heterocycles. The Bertz CT molecular complexity index is 849. The molecule has 0 radical (unpaired) electrons. The zero-order valence-corrected chi connectivity index (χ0v) is 23.3. The monoisotopic (exact) mass is 496 g/mol. The van der Waals surface area contributed by atoms with E-state index in [2.05, 4.69) is 63.5 Å². The molecule has 0 fully saturated rings. The zero-order valence-electron chi connectivity index (χ0n) is 23.3. The van der Waals surface area contributed by atoms with Gasteiger partial charge in [-0.1, -0.05) is 101 Å². The van der Waals surface area contributed by atoms with Gasteiger partial charge in [0.2, 0.25) is 0 Å². The van der Waals surface area contributed by atoms with E-state index in [9.17, 15) is 4.79 Å². The molecule has 2 aromatic carbocycles. The van der Waals surface area contributed by atoms with Crippen LogP contribution in [0.2, 0.25) is 0 Å². The zero-order chi connectivity index (χ0) is 26.1. The van der Waals surface area contributed by atoms with Crippen molar-refractivity contribution in [3.63, 3.8) is 0 Å². The predicted molar refractivity (Wildman–Crippen MR) is 150 cm³/mol. The Hall–Kier alpha value is -2.33. The van der Waals surface area contributed by atoms with Crippen molar-refractivity contribution in [1.29, 1.82) is 0 Å². The fourth-order valence-corrected chi connectivity index (χ4v) is 4.51. The molecule has 0 N–H and O–H groups in total. The van der Waals surface area contributed by atoms with Gasteiger partial charge in [0.05, 0.1) is 27.1 Å². The predicted octanol–water partition coefficient (Wildman–Crippen LogP) is 7.74. The Morgan fingerprint density at radius 3 is 2.17 bits per heavy atom. The molecule has 1 unspecified atom stereocenters. The van der Waals surface area contributed by atoms with Gasteiger partial charge in [-0.2, -0.15) is 0 Å². The van der Waals surface area contributed by atoms with E-state index in [1.807, 2.05) is 19.1 Å². The first-order valence-electron chi connectivity index (χ1n) is 14.1. The van der Waals surface area contributed by atoms with E-state index in [0.29, 0.717) is 6.42 Å². The van der Waals surface area contributed by atoms with E-state index >= 15 is 0 Å². The highest BCUT2D eigenvalue weighted by atomic mass is 16.6. The van der Waals surface area contributed by atoms with Gasteiger partial charge in [-0.3, -0.25) is 4.79 Å². The molecule has 4 heteroatoms. The van der Waals surface area contributed by atoms with E-state index < -0.39 is 0 Å². The van der Waals surface area contributed by atoms with Crippen LogP contribution in [0.15, 0.2) is 54.6 Å². The summed E-state index contributed by atoms with van der Waals surface area (Å²) in [5, 5.41) is 0. The Morgan fingerprint density at radius 1 is 0.833 bits per heavy atom. The summed E-state index contributed by atoms with van der Waals surface area (Å²) in [5.41, 5.74) is 2.59. The van der Waals surface area contributed by atoms with Crippen molar-refractivity contribution in [2.24, 2.45) is 0 Å². The van der Waals surface area contributed by atoms with Gasteiger partial charge < -0.3 is 14.0 Å². The van der Waals surface area contributed by atoms with E-state index in [0.717, 1.165) is 29.7 Å². The maximum Gasteiger partial charge on any atom is 0.311 e. The molecule has 0 aliphatic carbocycles. The summed E-state index contributed by atoms with van der Waals surface area (Å²) in [6, 6.07) is 18.7. The third-order valence-electron chi connectivity index (χ3n) is 6.66. The van der Waals surface area contributed by atoms with E-state index in [4.69, 9.17) is 9.47 Å². The van der Waals surface area contributed by atoms with Crippen LogP contribution in [-0.2, 0) is 22.5 Å². The Kier molecular flexibility index (Phi) is 14.3. The fraction of sp³-hybridized carbons (Fsp3) is 0.594. The van der Waals surface area contributed by atoms with Crippen molar-refractivity contribution in [2.75, 3.05) is 27.2 Å². The number of benzene rings is 2.